The maximum Gasteiger partial charge on any atom is 0.147 e. The van der Waals surface area contributed by atoms with E-state index in [1.54, 1.807) is 0 Å². The Bertz CT molecular complexity index is 1020. The fourth-order valence-electron chi connectivity index (χ4n) is 4.09. The zero-order valence-electron chi connectivity index (χ0n) is 14.5. The summed E-state index contributed by atoms with van der Waals surface area (Å²) in [6.45, 7) is 8.65. The maximum absolute atomic E-state index is 6.27. The highest BCUT2D eigenvalue weighted by Gasteiger charge is 2.37. The third-order valence-corrected chi connectivity index (χ3v) is 5.35. The molecule has 2 aliphatic carbocycles. The number of hydrogen-bond acceptors (Lipinski definition) is 5. The van der Waals surface area contributed by atoms with Crippen LogP contribution in [0.2, 0.25) is 0 Å². The molecule has 0 aliphatic heterocycles. The standard InChI is InChI=1S/C19H21N5O/c1-9(2)24-12-7-4-10(3)13-16(23-25-17(13)11-5-6-11)14(12)15-18(20)21-8-22-19(15)24/h8-9,11H,3-7H2,1-2H3,(H2,20,21,22). The molecule has 1 fully saturated rings. The molecule has 2 N–H and O–H groups in total. The quantitative estimate of drug-likeness (QED) is 0.763. The van der Waals surface area contributed by atoms with Crippen molar-refractivity contribution in [3.8, 4) is 11.3 Å². The van der Waals surface area contributed by atoms with Crippen LogP contribution >= 0.6 is 0 Å². The van der Waals surface area contributed by atoms with Gasteiger partial charge in [-0.1, -0.05) is 11.7 Å². The van der Waals surface area contributed by atoms with Gasteiger partial charge in [-0.2, -0.15) is 0 Å². The van der Waals surface area contributed by atoms with Gasteiger partial charge in [-0.3, -0.25) is 0 Å². The number of nitrogens with zero attached hydrogens (tertiary/aromatic N) is 4. The number of fused-ring (bicyclic) bond motifs is 5. The lowest BCUT2D eigenvalue weighted by Crippen LogP contribution is -2.07. The summed E-state index contributed by atoms with van der Waals surface area (Å²) in [6.07, 6.45) is 5.65. The molecule has 6 heteroatoms. The minimum atomic E-state index is 0.269. The minimum absolute atomic E-state index is 0.269. The summed E-state index contributed by atoms with van der Waals surface area (Å²) in [7, 11) is 0. The highest BCUT2D eigenvalue weighted by Crippen LogP contribution is 2.50. The van der Waals surface area contributed by atoms with Crippen molar-refractivity contribution in [3.63, 3.8) is 0 Å². The lowest BCUT2D eigenvalue weighted by Gasteiger charge is -2.14. The van der Waals surface area contributed by atoms with Crippen molar-refractivity contribution in [2.24, 2.45) is 0 Å². The molecule has 0 saturated heterocycles. The summed E-state index contributed by atoms with van der Waals surface area (Å²) < 4.78 is 8.04. The van der Waals surface area contributed by atoms with Crippen LogP contribution < -0.4 is 5.73 Å². The number of nitrogens with two attached hydrogens (primary N) is 1. The van der Waals surface area contributed by atoms with Crippen molar-refractivity contribution in [1.82, 2.24) is 19.7 Å². The molecule has 0 spiro atoms. The van der Waals surface area contributed by atoms with Gasteiger partial charge in [-0.15, -0.1) is 0 Å². The van der Waals surface area contributed by atoms with Crippen molar-refractivity contribution in [2.45, 2.75) is 51.5 Å². The molecule has 0 unspecified atom stereocenters. The predicted octanol–water partition coefficient (Wildman–Crippen LogP) is 4.09. The van der Waals surface area contributed by atoms with Crippen LogP contribution in [0.4, 0.5) is 5.82 Å². The predicted molar refractivity (Wildman–Crippen MR) is 97.2 cm³/mol. The SMILES string of the molecule is C=C1CCc2c(c3c(N)ncnc3n2C(C)C)-c2noc(C3CC3)c21. The van der Waals surface area contributed by atoms with E-state index in [-0.39, 0.29) is 6.04 Å². The van der Waals surface area contributed by atoms with Gasteiger partial charge in [0.1, 0.15) is 29.2 Å². The normalized spacial score (nSPS) is 17.0. The van der Waals surface area contributed by atoms with E-state index in [9.17, 15) is 0 Å². The van der Waals surface area contributed by atoms with Crippen LogP contribution in [0, 0.1) is 0 Å². The van der Waals surface area contributed by atoms with Crippen LogP contribution in [0.15, 0.2) is 17.4 Å². The summed E-state index contributed by atoms with van der Waals surface area (Å²) in [5.41, 5.74) is 12.4. The monoisotopic (exact) mass is 335 g/mol. The van der Waals surface area contributed by atoms with E-state index in [4.69, 9.17) is 10.3 Å². The maximum atomic E-state index is 6.27. The van der Waals surface area contributed by atoms with Gasteiger partial charge in [-0.25, -0.2) is 9.97 Å². The first-order valence-corrected chi connectivity index (χ1v) is 8.89. The molecule has 25 heavy (non-hydrogen) atoms. The molecular weight excluding hydrogens is 314 g/mol. The van der Waals surface area contributed by atoms with Crippen molar-refractivity contribution in [1.29, 1.82) is 0 Å². The van der Waals surface area contributed by atoms with Gasteiger partial charge >= 0.3 is 0 Å². The van der Waals surface area contributed by atoms with Gasteiger partial charge in [0, 0.05) is 28.8 Å². The van der Waals surface area contributed by atoms with Crippen LogP contribution in [0.1, 0.15) is 62.1 Å². The fourth-order valence-corrected chi connectivity index (χ4v) is 4.09. The number of aromatic nitrogens is 4. The van der Waals surface area contributed by atoms with E-state index < -0.39 is 0 Å². The number of rotatable bonds is 2. The summed E-state index contributed by atoms with van der Waals surface area (Å²) in [6, 6.07) is 0.269. The number of allylic oxidation sites excluding steroid dienone is 1. The topological polar surface area (TPSA) is 82.8 Å². The molecule has 0 amide bonds. The van der Waals surface area contributed by atoms with Crippen molar-refractivity contribution in [2.75, 3.05) is 5.73 Å². The summed E-state index contributed by atoms with van der Waals surface area (Å²) in [5, 5.41) is 5.36. The van der Waals surface area contributed by atoms with Gasteiger partial charge in [0.15, 0.2) is 0 Å². The van der Waals surface area contributed by atoms with Crippen molar-refractivity contribution in [3.05, 3.63) is 29.9 Å². The Balaban J connectivity index is 1.91. The summed E-state index contributed by atoms with van der Waals surface area (Å²) in [4.78, 5) is 8.77. The zero-order chi connectivity index (χ0) is 17.3. The molecule has 2 aliphatic rings. The minimum Gasteiger partial charge on any atom is -0.383 e. The molecule has 3 aromatic heterocycles. The first-order valence-electron chi connectivity index (χ1n) is 8.89. The summed E-state index contributed by atoms with van der Waals surface area (Å²) in [5.74, 6) is 1.98. The highest BCUT2D eigenvalue weighted by molar-refractivity contribution is 6.04. The number of anilines is 1. The first kappa shape index (κ1) is 14.7. The fraction of sp³-hybridized carbons (Fsp3) is 0.421. The van der Waals surface area contributed by atoms with E-state index >= 15 is 0 Å². The van der Waals surface area contributed by atoms with E-state index in [0.717, 1.165) is 52.0 Å². The van der Waals surface area contributed by atoms with Crippen molar-refractivity contribution < 1.29 is 4.52 Å². The van der Waals surface area contributed by atoms with Gasteiger partial charge in [0.05, 0.1) is 5.39 Å². The van der Waals surface area contributed by atoms with E-state index in [1.165, 1.54) is 24.9 Å². The molecule has 1 saturated carbocycles. The van der Waals surface area contributed by atoms with Gasteiger partial charge in [0.25, 0.3) is 0 Å². The summed E-state index contributed by atoms with van der Waals surface area (Å²) >= 11 is 0. The molecule has 6 nitrogen and oxygen atoms in total. The third kappa shape index (κ3) is 1.94. The Labute approximate surface area is 145 Å². The average molecular weight is 335 g/mol. The second-order valence-corrected chi connectivity index (χ2v) is 7.39. The first-order chi connectivity index (χ1) is 12.1. The molecule has 128 valence electrons. The van der Waals surface area contributed by atoms with Gasteiger partial charge < -0.3 is 14.8 Å². The molecule has 0 radical (unpaired) electrons. The van der Waals surface area contributed by atoms with Crippen LogP contribution in [-0.4, -0.2) is 19.7 Å². The molecular formula is C19H21N5O. The Hall–Kier alpha value is -2.63. The Morgan fingerprint density at radius 2 is 2.04 bits per heavy atom. The third-order valence-electron chi connectivity index (χ3n) is 5.35. The zero-order valence-corrected chi connectivity index (χ0v) is 14.5. The molecule has 0 aromatic carbocycles. The molecule has 3 aromatic rings. The molecule has 3 heterocycles. The van der Waals surface area contributed by atoms with Crippen LogP contribution in [0.5, 0.6) is 0 Å². The molecule has 0 bridgehead atoms. The largest absolute Gasteiger partial charge is 0.383 e. The van der Waals surface area contributed by atoms with Crippen LogP contribution in [0.3, 0.4) is 0 Å². The van der Waals surface area contributed by atoms with Crippen molar-refractivity contribution >= 4 is 22.4 Å². The second kappa shape index (κ2) is 4.94. The van der Waals surface area contributed by atoms with Crippen LogP contribution in [0.25, 0.3) is 27.9 Å². The highest BCUT2D eigenvalue weighted by atomic mass is 16.5. The Kier molecular flexibility index (Phi) is 2.90. The Morgan fingerprint density at radius 1 is 1.24 bits per heavy atom. The number of hydrogen-bond donors (Lipinski definition) is 1. The lowest BCUT2D eigenvalue weighted by atomic mass is 9.99. The molecule has 0 atom stereocenters. The number of nitrogen functional groups attached to an aromatic ring is 1. The molecule has 5 rings (SSSR count). The van der Waals surface area contributed by atoms with E-state index in [1.807, 2.05) is 0 Å². The van der Waals surface area contributed by atoms with E-state index in [2.05, 4.69) is 40.1 Å². The second-order valence-electron chi connectivity index (χ2n) is 7.39. The average Bonchev–Trinajstić information content (AvgIpc) is 3.26. The lowest BCUT2D eigenvalue weighted by molar-refractivity contribution is 0.385. The smallest absolute Gasteiger partial charge is 0.147 e. The Morgan fingerprint density at radius 3 is 2.76 bits per heavy atom. The van der Waals surface area contributed by atoms with E-state index in [0.29, 0.717) is 11.7 Å². The van der Waals surface area contributed by atoms with Gasteiger partial charge in [0.2, 0.25) is 0 Å². The van der Waals surface area contributed by atoms with Gasteiger partial charge in [-0.05, 0) is 45.1 Å². The van der Waals surface area contributed by atoms with Crippen LogP contribution in [-0.2, 0) is 6.42 Å².